The van der Waals surface area contributed by atoms with Crippen molar-refractivity contribution >= 4 is 17.4 Å². The van der Waals surface area contributed by atoms with E-state index in [1.54, 1.807) is 6.33 Å². The summed E-state index contributed by atoms with van der Waals surface area (Å²) in [6.07, 6.45) is 1.55. The highest BCUT2D eigenvalue weighted by molar-refractivity contribution is 6.31. The summed E-state index contributed by atoms with van der Waals surface area (Å²) in [5, 5.41) is 4.07. The van der Waals surface area contributed by atoms with Gasteiger partial charge >= 0.3 is 0 Å². The first-order valence-corrected chi connectivity index (χ1v) is 5.84. The minimum Gasteiger partial charge on any atom is -0.363 e. The summed E-state index contributed by atoms with van der Waals surface area (Å²) in [6, 6.07) is 9.82. The molecule has 0 amide bonds. The number of anilines is 1. The molecule has 2 rings (SSSR count). The van der Waals surface area contributed by atoms with Gasteiger partial charge in [-0.25, -0.2) is 9.97 Å². The van der Waals surface area contributed by atoms with Crippen molar-refractivity contribution in [2.24, 2.45) is 0 Å². The Kier molecular flexibility index (Phi) is 3.59. The van der Waals surface area contributed by atoms with E-state index in [-0.39, 0.29) is 6.04 Å². The first kappa shape index (κ1) is 11.9. The molecule has 3 nitrogen and oxygen atoms in total. The second-order valence-electron chi connectivity index (χ2n) is 3.93. The number of nitrogens with zero attached hydrogens (tertiary/aromatic N) is 2. The van der Waals surface area contributed by atoms with Gasteiger partial charge in [-0.05, 0) is 25.5 Å². The van der Waals surface area contributed by atoms with E-state index in [4.69, 9.17) is 11.6 Å². The molecule has 0 aliphatic heterocycles. The van der Waals surface area contributed by atoms with Gasteiger partial charge < -0.3 is 5.32 Å². The normalized spacial score (nSPS) is 12.2. The van der Waals surface area contributed by atoms with Crippen molar-refractivity contribution in [2.45, 2.75) is 19.9 Å². The molecule has 0 aliphatic carbocycles. The molecule has 17 heavy (non-hydrogen) atoms. The van der Waals surface area contributed by atoms with Crippen LogP contribution in [-0.2, 0) is 0 Å². The Morgan fingerprint density at radius 2 is 2.00 bits per heavy atom. The standard InChI is InChI=1S/C13H14ClN3/c1-9-7-13(16-8-15-9)17-10(2)11-5-3-4-6-12(11)14/h3-8,10H,1-2H3,(H,15,16,17). The number of halogens is 1. The lowest BCUT2D eigenvalue weighted by Gasteiger charge is -2.16. The van der Waals surface area contributed by atoms with Crippen molar-refractivity contribution in [1.82, 2.24) is 9.97 Å². The lowest BCUT2D eigenvalue weighted by Crippen LogP contribution is -2.08. The Morgan fingerprint density at radius 1 is 1.24 bits per heavy atom. The first-order chi connectivity index (χ1) is 8.16. The molecule has 2 aromatic rings. The second kappa shape index (κ2) is 5.15. The Balaban J connectivity index is 2.17. The van der Waals surface area contributed by atoms with E-state index in [1.165, 1.54) is 0 Å². The van der Waals surface area contributed by atoms with Crippen LogP contribution in [0, 0.1) is 6.92 Å². The van der Waals surface area contributed by atoms with Crippen molar-refractivity contribution in [3.8, 4) is 0 Å². The Labute approximate surface area is 106 Å². The number of aromatic nitrogens is 2. The number of nitrogens with one attached hydrogen (secondary N) is 1. The largest absolute Gasteiger partial charge is 0.363 e. The molecule has 0 aliphatic rings. The minimum absolute atomic E-state index is 0.109. The molecule has 1 unspecified atom stereocenters. The van der Waals surface area contributed by atoms with E-state index in [0.29, 0.717) is 0 Å². The Hall–Kier alpha value is -1.61. The van der Waals surface area contributed by atoms with Gasteiger partial charge in [0.05, 0.1) is 6.04 Å². The maximum absolute atomic E-state index is 6.14. The van der Waals surface area contributed by atoms with Gasteiger partial charge in [0.15, 0.2) is 0 Å². The lowest BCUT2D eigenvalue weighted by molar-refractivity contribution is 0.870. The predicted octanol–water partition coefficient (Wildman–Crippen LogP) is 3.61. The maximum Gasteiger partial charge on any atom is 0.130 e. The molecule has 1 aromatic carbocycles. The van der Waals surface area contributed by atoms with E-state index in [9.17, 15) is 0 Å². The fourth-order valence-corrected chi connectivity index (χ4v) is 1.96. The average molecular weight is 248 g/mol. The SMILES string of the molecule is Cc1cc(NC(C)c2ccccc2Cl)ncn1. The minimum atomic E-state index is 0.109. The van der Waals surface area contributed by atoms with Crippen molar-refractivity contribution in [3.63, 3.8) is 0 Å². The summed E-state index contributed by atoms with van der Waals surface area (Å²) in [4.78, 5) is 8.23. The van der Waals surface area contributed by atoms with Crippen LogP contribution in [0.25, 0.3) is 0 Å². The van der Waals surface area contributed by atoms with Crippen molar-refractivity contribution in [1.29, 1.82) is 0 Å². The van der Waals surface area contributed by atoms with Gasteiger partial charge in [-0.3, -0.25) is 0 Å². The molecular weight excluding hydrogens is 234 g/mol. The number of hydrogen-bond acceptors (Lipinski definition) is 3. The molecule has 88 valence electrons. The van der Waals surface area contributed by atoms with Crippen LogP contribution >= 0.6 is 11.6 Å². The van der Waals surface area contributed by atoms with Crippen LogP contribution in [0.4, 0.5) is 5.82 Å². The van der Waals surface area contributed by atoms with Gasteiger partial charge in [0.1, 0.15) is 12.1 Å². The van der Waals surface area contributed by atoms with E-state index < -0.39 is 0 Å². The lowest BCUT2D eigenvalue weighted by atomic mass is 10.1. The first-order valence-electron chi connectivity index (χ1n) is 5.46. The van der Waals surface area contributed by atoms with Gasteiger partial charge in [0.2, 0.25) is 0 Å². The van der Waals surface area contributed by atoms with Crippen LogP contribution < -0.4 is 5.32 Å². The molecular formula is C13H14ClN3. The van der Waals surface area contributed by atoms with Crippen LogP contribution in [-0.4, -0.2) is 9.97 Å². The van der Waals surface area contributed by atoms with Crippen LogP contribution in [0.2, 0.25) is 5.02 Å². The predicted molar refractivity (Wildman–Crippen MR) is 70.3 cm³/mol. The Bertz CT molecular complexity index is 514. The quantitative estimate of drug-likeness (QED) is 0.900. The fourth-order valence-electron chi connectivity index (χ4n) is 1.66. The zero-order valence-corrected chi connectivity index (χ0v) is 10.6. The van der Waals surface area contributed by atoms with E-state index in [0.717, 1.165) is 22.1 Å². The third-order valence-electron chi connectivity index (χ3n) is 2.54. The van der Waals surface area contributed by atoms with E-state index >= 15 is 0 Å². The van der Waals surface area contributed by atoms with Crippen LogP contribution in [0.3, 0.4) is 0 Å². The fraction of sp³-hybridized carbons (Fsp3) is 0.231. The van der Waals surface area contributed by atoms with Crippen molar-refractivity contribution in [3.05, 3.63) is 52.9 Å². The smallest absolute Gasteiger partial charge is 0.130 e. The van der Waals surface area contributed by atoms with E-state index in [2.05, 4.69) is 22.2 Å². The van der Waals surface area contributed by atoms with Gasteiger partial charge in [0.25, 0.3) is 0 Å². The van der Waals surface area contributed by atoms with E-state index in [1.807, 2.05) is 37.3 Å². The van der Waals surface area contributed by atoms with Crippen LogP contribution in [0.5, 0.6) is 0 Å². The van der Waals surface area contributed by atoms with Gasteiger partial charge in [-0.2, -0.15) is 0 Å². The zero-order chi connectivity index (χ0) is 12.3. The summed E-state index contributed by atoms with van der Waals surface area (Å²) >= 11 is 6.14. The highest BCUT2D eigenvalue weighted by Gasteiger charge is 2.09. The van der Waals surface area contributed by atoms with Gasteiger partial charge in [0, 0.05) is 16.8 Å². The molecule has 0 fully saturated rings. The Morgan fingerprint density at radius 3 is 2.71 bits per heavy atom. The van der Waals surface area contributed by atoms with Crippen LogP contribution in [0.15, 0.2) is 36.7 Å². The molecule has 0 saturated heterocycles. The van der Waals surface area contributed by atoms with Crippen molar-refractivity contribution < 1.29 is 0 Å². The molecule has 0 saturated carbocycles. The van der Waals surface area contributed by atoms with Crippen LogP contribution in [0.1, 0.15) is 24.2 Å². The number of aryl methyl sites for hydroxylation is 1. The summed E-state index contributed by atoms with van der Waals surface area (Å²) in [5.74, 6) is 0.810. The third kappa shape index (κ3) is 2.94. The summed E-state index contributed by atoms with van der Waals surface area (Å²) in [6.45, 7) is 3.99. The van der Waals surface area contributed by atoms with Crippen molar-refractivity contribution in [2.75, 3.05) is 5.32 Å². The summed E-state index contributed by atoms with van der Waals surface area (Å²) < 4.78 is 0. The zero-order valence-electron chi connectivity index (χ0n) is 9.81. The number of benzene rings is 1. The third-order valence-corrected chi connectivity index (χ3v) is 2.88. The molecule has 1 atom stereocenters. The molecule has 1 aromatic heterocycles. The maximum atomic E-state index is 6.14. The monoisotopic (exact) mass is 247 g/mol. The molecule has 1 heterocycles. The molecule has 0 spiro atoms. The molecule has 4 heteroatoms. The molecule has 1 N–H and O–H groups in total. The number of rotatable bonds is 3. The topological polar surface area (TPSA) is 37.8 Å². The summed E-state index contributed by atoms with van der Waals surface area (Å²) in [7, 11) is 0. The molecule has 0 bridgehead atoms. The second-order valence-corrected chi connectivity index (χ2v) is 4.34. The van der Waals surface area contributed by atoms with Gasteiger partial charge in [-0.15, -0.1) is 0 Å². The number of hydrogen-bond donors (Lipinski definition) is 1. The highest BCUT2D eigenvalue weighted by Crippen LogP contribution is 2.24. The average Bonchev–Trinajstić information content (AvgIpc) is 2.29. The van der Waals surface area contributed by atoms with Gasteiger partial charge in [-0.1, -0.05) is 29.8 Å². The highest BCUT2D eigenvalue weighted by atomic mass is 35.5. The summed E-state index contributed by atoms with van der Waals surface area (Å²) in [5.41, 5.74) is 2.00. The molecule has 0 radical (unpaired) electrons.